The Labute approximate surface area is 137 Å². The van der Waals surface area contributed by atoms with Gasteiger partial charge >= 0.3 is 0 Å². The SMILES string of the molecule is NC(=O)c1cc(C(=O)c2ccccc2)c(-c2ccccc2)[nH]c1=O. The number of nitrogens with two attached hydrogens (primary N) is 1. The third-order valence-electron chi connectivity index (χ3n) is 3.65. The van der Waals surface area contributed by atoms with Crippen molar-refractivity contribution in [3.05, 3.63) is 93.8 Å². The maximum absolute atomic E-state index is 12.9. The number of H-pyrrole nitrogens is 1. The van der Waals surface area contributed by atoms with Crippen molar-refractivity contribution in [2.75, 3.05) is 0 Å². The maximum Gasteiger partial charge on any atom is 0.261 e. The lowest BCUT2D eigenvalue weighted by Crippen LogP contribution is -2.25. The minimum Gasteiger partial charge on any atom is -0.365 e. The molecule has 1 amide bonds. The van der Waals surface area contributed by atoms with Crippen LogP contribution < -0.4 is 11.3 Å². The van der Waals surface area contributed by atoms with Gasteiger partial charge in [-0.15, -0.1) is 0 Å². The van der Waals surface area contributed by atoms with Crippen molar-refractivity contribution in [3.63, 3.8) is 0 Å². The molecule has 0 fully saturated rings. The summed E-state index contributed by atoms with van der Waals surface area (Å²) in [6.45, 7) is 0. The number of ketones is 1. The predicted octanol–water partition coefficient (Wildman–Crippen LogP) is 2.37. The van der Waals surface area contributed by atoms with Crippen LogP contribution in [0, 0.1) is 0 Å². The summed E-state index contributed by atoms with van der Waals surface area (Å²) in [5.74, 6) is -1.17. The molecule has 24 heavy (non-hydrogen) atoms. The number of carbonyl (C=O) groups excluding carboxylic acids is 2. The van der Waals surface area contributed by atoms with Crippen LogP contribution in [0.4, 0.5) is 0 Å². The van der Waals surface area contributed by atoms with Crippen molar-refractivity contribution in [1.82, 2.24) is 4.98 Å². The Morgan fingerprint density at radius 1 is 0.833 bits per heavy atom. The van der Waals surface area contributed by atoms with Gasteiger partial charge in [-0.1, -0.05) is 60.7 Å². The molecule has 0 saturated carbocycles. The standard InChI is InChI=1S/C19H14N2O3/c20-18(23)15-11-14(17(22)13-9-5-2-6-10-13)16(21-19(15)24)12-7-3-1-4-8-12/h1-11H,(H2,20,23)(H,21,24). The molecule has 0 radical (unpaired) electrons. The molecule has 0 aliphatic heterocycles. The number of aromatic amines is 1. The first-order chi connectivity index (χ1) is 11.6. The third kappa shape index (κ3) is 2.87. The van der Waals surface area contributed by atoms with Crippen LogP contribution in [0.15, 0.2) is 71.5 Å². The van der Waals surface area contributed by atoms with Crippen molar-refractivity contribution in [2.24, 2.45) is 5.73 Å². The third-order valence-corrected chi connectivity index (χ3v) is 3.65. The molecule has 0 aliphatic carbocycles. The molecule has 3 rings (SSSR count). The van der Waals surface area contributed by atoms with Crippen molar-refractivity contribution in [3.8, 4) is 11.3 Å². The second-order valence-electron chi connectivity index (χ2n) is 5.23. The average Bonchev–Trinajstić information content (AvgIpc) is 2.62. The molecule has 0 unspecified atom stereocenters. The molecule has 2 aromatic carbocycles. The first kappa shape index (κ1) is 15.4. The van der Waals surface area contributed by atoms with Gasteiger partial charge in [-0.2, -0.15) is 0 Å². The molecule has 118 valence electrons. The van der Waals surface area contributed by atoms with Gasteiger partial charge in [0, 0.05) is 11.1 Å². The van der Waals surface area contributed by atoms with Gasteiger partial charge < -0.3 is 10.7 Å². The monoisotopic (exact) mass is 318 g/mol. The predicted molar refractivity (Wildman–Crippen MR) is 90.9 cm³/mol. The minimum absolute atomic E-state index is 0.223. The van der Waals surface area contributed by atoms with Crippen molar-refractivity contribution >= 4 is 11.7 Å². The van der Waals surface area contributed by atoms with Crippen LogP contribution >= 0.6 is 0 Å². The Hall–Kier alpha value is -3.47. The molecule has 1 aromatic heterocycles. The summed E-state index contributed by atoms with van der Waals surface area (Å²) < 4.78 is 0. The highest BCUT2D eigenvalue weighted by Gasteiger charge is 2.19. The zero-order valence-corrected chi connectivity index (χ0v) is 12.7. The minimum atomic E-state index is -0.877. The first-order valence-electron chi connectivity index (χ1n) is 7.30. The number of amides is 1. The van der Waals surface area contributed by atoms with Gasteiger partial charge in [-0.25, -0.2) is 0 Å². The molecule has 0 bridgehead atoms. The van der Waals surface area contributed by atoms with Gasteiger partial charge in [0.25, 0.3) is 11.5 Å². The van der Waals surface area contributed by atoms with Crippen LogP contribution in [0.5, 0.6) is 0 Å². The molecule has 0 aliphatic rings. The molecule has 3 N–H and O–H groups in total. The summed E-state index contributed by atoms with van der Waals surface area (Å²) in [5, 5.41) is 0. The average molecular weight is 318 g/mol. The van der Waals surface area contributed by atoms with Crippen LogP contribution in [0.2, 0.25) is 0 Å². The quantitative estimate of drug-likeness (QED) is 0.723. The van der Waals surface area contributed by atoms with E-state index in [1.807, 2.05) is 6.07 Å². The number of aromatic nitrogens is 1. The van der Waals surface area contributed by atoms with Crippen LogP contribution in [-0.2, 0) is 0 Å². The van der Waals surface area contributed by atoms with Crippen LogP contribution in [0.25, 0.3) is 11.3 Å². The lowest BCUT2D eigenvalue weighted by atomic mass is 9.96. The zero-order chi connectivity index (χ0) is 17.1. The number of primary amides is 1. The molecule has 0 spiro atoms. The number of pyridine rings is 1. The van der Waals surface area contributed by atoms with E-state index in [0.717, 1.165) is 0 Å². The van der Waals surface area contributed by atoms with Gasteiger partial charge in [0.2, 0.25) is 0 Å². The molecular formula is C19H14N2O3. The molecule has 5 nitrogen and oxygen atoms in total. The summed E-state index contributed by atoms with van der Waals surface area (Å²) in [5.41, 5.74) is 6.09. The van der Waals surface area contributed by atoms with Crippen molar-refractivity contribution < 1.29 is 9.59 Å². The van der Waals surface area contributed by atoms with Crippen molar-refractivity contribution in [1.29, 1.82) is 0 Å². The van der Waals surface area contributed by atoms with E-state index in [0.29, 0.717) is 16.8 Å². The van der Waals surface area contributed by atoms with E-state index >= 15 is 0 Å². The van der Waals surface area contributed by atoms with E-state index in [1.165, 1.54) is 6.07 Å². The number of rotatable bonds is 4. The summed E-state index contributed by atoms with van der Waals surface area (Å²) in [7, 11) is 0. The Balaban J connectivity index is 2.26. The number of benzene rings is 2. The number of carbonyl (C=O) groups is 2. The summed E-state index contributed by atoms with van der Waals surface area (Å²) in [6, 6.07) is 18.9. The molecule has 5 heteroatoms. The van der Waals surface area contributed by atoms with Gasteiger partial charge in [0.15, 0.2) is 5.78 Å². The van der Waals surface area contributed by atoms with Crippen molar-refractivity contribution in [2.45, 2.75) is 0 Å². The van der Waals surface area contributed by atoms with E-state index in [-0.39, 0.29) is 16.9 Å². The van der Waals surface area contributed by atoms with Gasteiger partial charge in [0.05, 0.1) is 5.69 Å². The maximum atomic E-state index is 12.9. The van der Waals surface area contributed by atoms with Gasteiger partial charge in [-0.3, -0.25) is 14.4 Å². The molecule has 0 saturated heterocycles. The summed E-state index contributed by atoms with van der Waals surface area (Å²) in [4.78, 5) is 39.0. The van der Waals surface area contributed by atoms with Gasteiger partial charge in [0.1, 0.15) is 5.56 Å². The Bertz CT molecular complexity index is 961. The first-order valence-corrected chi connectivity index (χ1v) is 7.30. The van der Waals surface area contributed by atoms with E-state index in [1.54, 1.807) is 54.6 Å². The Kier molecular flexibility index (Phi) is 4.07. The van der Waals surface area contributed by atoms with E-state index < -0.39 is 11.5 Å². The summed E-state index contributed by atoms with van der Waals surface area (Å²) in [6.07, 6.45) is 0. The summed E-state index contributed by atoms with van der Waals surface area (Å²) >= 11 is 0. The lowest BCUT2D eigenvalue weighted by molar-refractivity contribution is 0.0999. The van der Waals surface area contributed by atoms with Crippen LogP contribution in [0.1, 0.15) is 26.3 Å². The topological polar surface area (TPSA) is 93.0 Å². The molecular weight excluding hydrogens is 304 g/mol. The fourth-order valence-corrected chi connectivity index (χ4v) is 2.47. The van der Waals surface area contributed by atoms with Crippen LogP contribution in [-0.4, -0.2) is 16.7 Å². The molecule has 3 aromatic rings. The Morgan fingerprint density at radius 2 is 1.42 bits per heavy atom. The normalized spacial score (nSPS) is 10.3. The highest BCUT2D eigenvalue weighted by atomic mass is 16.2. The largest absolute Gasteiger partial charge is 0.365 e. The number of hydrogen-bond acceptors (Lipinski definition) is 3. The highest BCUT2D eigenvalue weighted by molar-refractivity contribution is 6.13. The fourth-order valence-electron chi connectivity index (χ4n) is 2.47. The fraction of sp³-hybridized carbons (Fsp3) is 0. The highest BCUT2D eigenvalue weighted by Crippen LogP contribution is 2.23. The van der Waals surface area contributed by atoms with Crippen LogP contribution in [0.3, 0.4) is 0 Å². The number of nitrogens with one attached hydrogen (secondary N) is 1. The zero-order valence-electron chi connectivity index (χ0n) is 12.7. The molecule has 0 atom stereocenters. The Morgan fingerprint density at radius 3 is 2.00 bits per heavy atom. The van der Waals surface area contributed by atoms with E-state index in [4.69, 9.17) is 5.73 Å². The van der Waals surface area contributed by atoms with E-state index in [2.05, 4.69) is 4.98 Å². The second-order valence-corrected chi connectivity index (χ2v) is 5.23. The van der Waals surface area contributed by atoms with Gasteiger partial charge in [-0.05, 0) is 11.6 Å². The van der Waals surface area contributed by atoms with E-state index in [9.17, 15) is 14.4 Å². The second kappa shape index (κ2) is 6.34. The smallest absolute Gasteiger partial charge is 0.261 e. The number of hydrogen-bond donors (Lipinski definition) is 2. The molecule has 1 heterocycles. The lowest BCUT2D eigenvalue weighted by Gasteiger charge is -2.10.